The highest BCUT2D eigenvalue weighted by Gasteiger charge is 2.38. The molecule has 2 saturated heterocycles. The monoisotopic (exact) mass is 480 g/mol. The molecule has 0 bridgehead atoms. The lowest BCUT2D eigenvalue weighted by Gasteiger charge is -2.39. The predicted octanol–water partition coefficient (Wildman–Crippen LogP) is 4.43. The lowest BCUT2D eigenvalue weighted by atomic mass is 9.85. The van der Waals surface area contributed by atoms with Crippen LogP contribution in [-0.2, 0) is 10.4 Å². The summed E-state index contributed by atoms with van der Waals surface area (Å²) >= 11 is 0. The highest BCUT2D eigenvalue weighted by atomic mass is 19.1. The summed E-state index contributed by atoms with van der Waals surface area (Å²) < 4.78 is 21.1. The van der Waals surface area contributed by atoms with E-state index in [0.29, 0.717) is 42.1 Å². The number of aryl methyl sites for hydroxylation is 2. The summed E-state index contributed by atoms with van der Waals surface area (Å²) in [6.45, 7) is 5.85. The first kappa shape index (κ1) is 25.1. The first-order chi connectivity index (χ1) is 16.8. The van der Waals surface area contributed by atoms with Gasteiger partial charge in [0, 0.05) is 30.9 Å². The number of aliphatic hydroxyl groups excluding tert-OH is 1. The summed E-state index contributed by atoms with van der Waals surface area (Å²) in [5, 5.41) is 26.0. The van der Waals surface area contributed by atoms with E-state index < -0.39 is 11.9 Å². The van der Waals surface area contributed by atoms with Crippen molar-refractivity contribution >= 4 is 11.7 Å². The van der Waals surface area contributed by atoms with E-state index in [9.17, 15) is 9.90 Å². The minimum atomic E-state index is -1.49. The number of alkyl halides is 1. The van der Waals surface area contributed by atoms with E-state index in [-0.39, 0.29) is 24.9 Å². The maximum atomic E-state index is 15.7. The van der Waals surface area contributed by atoms with Crippen molar-refractivity contribution < 1.29 is 19.0 Å². The number of nitrogens with zero attached hydrogens (tertiary/aromatic N) is 2. The molecular formula is C27H33FN4O3. The van der Waals surface area contributed by atoms with E-state index in [0.717, 1.165) is 30.6 Å². The number of aliphatic hydroxyl groups is 1. The second-order valence-electron chi connectivity index (χ2n) is 9.60. The number of rotatable bonds is 5. The Hall–Kier alpha value is -2.99. The molecule has 0 radical (unpaired) electrons. The highest BCUT2D eigenvalue weighted by Crippen LogP contribution is 2.39. The van der Waals surface area contributed by atoms with Crippen LogP contribution >= 0.6 is 0 Å². The van der Waals surface area contributed by atoms with Crippen LogP contribution < -0.4 is 10.6 Å². The van der Waals surface area contributed by atoms with Crippen LogP contribution in [0.1, 0.15) is 59.7 Å². The SMILES string of the molecule is Cc1cc(C)c(C(O)N2CCC(F)(c3ccc(C#N)cc3)CC2)cc1NC(=O)NC1CCCOC1. The molecular weight excluding hydrogens is 447 g/mol. The van der Waals surface area contributed by atoms with Gasteiger partial charge in [-0.25, -0.2) is 9.18 Å². The average molecular weight is 481 g/mol. The molecule has 0 spiro atoms. The lowest BCUT2D eigenvalue weighted by Crippen LogP contribution is -2.43. The second kappa shape index (κ2) is 10.7. The molecule has 2 heterocycles. The van der Waals surface area contributed by atoms with Gasteiger partial charge in [0.2, 0.25) is 0 Å². The molecule has 35 heavy (non-hydrogen) atoms. The number of ether oxygens (including phenoxy) is 1. The zero-order valence-corrected chi connectivity index (χ0v) is 20.3. The zero-order valence-electron chi connectivity index (χ0n) is 20.3. The number of halogens is 1. The van der Waals surface area contributed by atoms with Crippen LogP contribution in [0.25, 0.3) is 0 Å². The number of hydrogen-bond donors (Lipinski definition) is 3. The van der Waals surface area contributed by atoms with Gasteiger partial charge in [-0.15, -0.1) is 0 Å². The summed E-state index contributed by atoms with van der Waals surface area (Å²) in [6.07, 6.45) is 1.40. The highest BCUT2D eigenvalue weighted by molar-refractivity contribution is 5.90. The Morgan fingerprint density at radius 1 is 1.23 bits per heavy atom. The van der Waals surface area contributed by atoms with Crippen LogP contribution in [0.4, 0.5) is 14.9 Å². The van der Waals surface area contributed by atoms with Gasteiger partial charge >= 0.3 is 6.03 Å². The maximum Gasteiger partial charge on any atom is 0.319 e. The Balaban J connectivity index is 1.42. The topological polar surface area (TPSA) is 97.6 Å². The van der Waals surface area contributed by atoms with Crippen LogP contribution in [0.2, 0.25) is 0 Å². The molecule has 0 aliphatic carbocycles. The van der Waals surface area contributed by atoms with Gasteiger partial charge in [-0.1, -0.05) is 18.2 Å². The van der Waals surface area contributed by atoms with E-state index in [2.05, 4.69) is 16.7 Å². The van der Waals surface area contributed by atoms with E-state index in [4.69, 9.17) is 10.00 Å². The van der Waals surface area contributed by atoms with Crippen molar-refractivity contribution in [3.63, 3.8) is 0 Å². The van der Waals surface area contributed by atoms with Crippen LogP contribution in [0.3, 0.4) is 0 Å². The average Bonchev–Trinajstić information content (AvgIpc) is 2.86. The third-order valence-electron chi connectivity index (χ3n) is 7.10. The molecule has 2 aliphatic rings. The smallest absolute Gasteiger partial charge is 0.319 e. The first-order valence-electron chi connectivity index (χ1n) is 12.2. The van der Waals surface area contributed by atoms with E-state index in [1.54, 1.807) is 24.3 Å². The molecule has 186 valence electrons. The molecule has 2 unspecified atom stereocenters. The lowest BCUT2D eigenvalue weighted by molar-refractivity contribution is -0.0475. The van der Waals surface area contributed by atoms with Crippen molar-refractivity contribution in [2.45, 2.75) is 57.5 Å². The van der Waals surface area contributed by atoms with Crippen LogP contribution in [0.5, 0.6) is 0 Å². The normalized spacial score (nSPS) is 21.1. The molecule has 4 rings (SSSR count). The minimum Gasteiger partial charge on any atom is -0.379 e. The van der Waals surface area contributed by atoms with Crippen molar-refractivity contribution in [3.8, 4) is 6.07 Å². The summed E-state index contributed by atoms with van der Waals surface area (Å²) in [4.78, 5) is 14.4. The molecule has 2 atom stereocenters. The van der Waals surface area contributed by atoms with Crippen molar-refractivity contribution in [3.05, 3.63) is 64.2 Å². The third-order valence-corrected chi connectivity index (χ3v) is 7.10. The summed E-state index contributed by atoms with van der Waals surface area (Å²) in [6, 6.07) is 12.1. The fraction of sp³-hybridized carbons (Fsp3) is 0.481. The van der Waals surface area contributed by atoms with Gasteiger partial charge in [-0.05, 0) is 74.4 Å². The number of amides is 2. The molecule has 0 saturated carbocycles. The van der Waals surface area contributed by atoms with Gasteiger partial charge in [0.05, 0.1) is 24.3 Å². The largest absolute Gasteiger partial charge is 0.379 e. The second-order valence-corrected chi connectivity index (χ2v) is 9.60. The van der Waals surface area contributed by atoms with Gasteiger partial charge in [0.1, 0.15) is 11.9 Å². The Labute approximate surface area is 205 Å². The number of carbonyl (C=O) groups is 1. The van der Waals surface area contributed by atoms with Crippen molar-refractivity contribution in [2.24, 2.45) is 0 Å². The Kier molecular flexibility index (Phi) is 7.70. The van der Waals surface area contributed by atoms with Gasteiger partial charge < -0.3 is 20.5 Å². The Morgan fingerprint density at radius 2 is 1.94 bits per heavy atom. The first-order valence-corrected chi connectivity index (χ1v) is 12.2. The number of nitriles is 1. The molecule has 2 fully saturated rings. The number of carbonyl (C=O) groups excluding carboxylic acids is 1. The van der Waals surface area contributed by atoms with Crippen LogP contribution in [0, 0.1) is 25.2 Å². The number of urea groups is 1. The number of piperidine rings is 1. The minimum absolute atomic E-state index is 0.00927. The third kappa shape index (κ3) is 5.81. The number of benzene rings is 2. The van der Waals surface area contributed by atoms with Crippen molar-refractivity contribution in [2.75, 3.05) is 31.6 Å². The number of likely N-dealkylation sites (tertiary alicyclic amines) is 1. The van der Waals surface area contributed by atoms with Gasteiger partial charge in [0.15, 0.2) is 0 Å². The fourth-order valence-electron chi connectivity index (χ4n) is 4.93. The molecule has 2 aliphatic heterocycles. The summed E-state index contributed by atoms with van der Waals surface area (Å²) in [5.41, 5.74) is 2.72. The molecule has 8 heteroatoms. The predicted molar refractivity (Wildman–Crippen MR) is 132 cm³/mol. The van der Waals surface area contributed by atoms with Crippen LogP contribution in [-0.4, -0.2) is 48.4 Å². The summed E-state index contributed by atoms with van der Waals surface area (Å²) in [7, 11) is 0. The fourth-order valence-corrected chi connectivity index (χ4v) is 4.93. The zero-order chi connectivity index (χ0) is 25.0. The molecule has 2 aromatic rings. The summed E-state index contributed by atoms with van der Waals surface area (Å²) in [5.74, 6) is 0. The Bertz CT molecular complexity index is 1080. The molecule has 2 aromatic carbocycles. The molecule has 7 nitrogen and oxygen atoms in total. The van der Waals surface area contributed by atoms with Crippen molar-refractivity contribution in [1.82, 2.24) is 10.2 Å². The molecule has 3 N–H and O–H groups in total. The number of anilines is 1. The van der Waals surface area contributed by atoms with E-state index in [1.807, 2.05) is 30.9 Å². The molecule has 0 aromatic heterocycles. The standard InChI is InChI=1S/C27H33FN4O3/c1-18-14-19(2)24(31-26(34)30-22-4-3-13-35-17-22)15-23(18)25(33)32-11-9-27(28,10-12-32)21-7-5-20(16-29)6-8-21/h5-8,14-15,22,25,33H,3-4,9-13,17H2,1-2H3,(H2,30,31,34). The van der Waals surface area contributed by atoms with Crippen molar-refractivity contribution in [1.29, 1.82) is 5.26 Å². The van der Waals surface area contributed by atoms with Gasteiger partial charge in [-0.3, -0.25) is 4.90 Å². The van der Waals surface area contributed by atoms with Gasteiger partial charge in [0.25, 0.3) is 0 Å². The quantitative estimate of drug-likeness (QED) is 0.588. The van der Waals surface area contributed by atoms with E-state index >= 15 is 4.39 Å². The number of nitrogens with one attached hydrogen (secondary N) is 2. The van der Waals surface area contributed by atoms with Gasteiger partial charge in [-0.2, -0.15) is 5.26 Å². The maximum absolute atomic E-state index is 15.7. The molecule has 2 amide bonds. The van der Waals surface area contributed by atoms with Crippen LogP contribution in [0.15, 0.2) is 36.4 Å². The number of hydrogen-bond acceptors (Lipinski definition) is 5. The Morgan fingerprint density at radius 3 is 2.57 bits per heavy atom. The van der Waals surface area contributed by atoms with E-state index in [1.165, 1.54) is 0 Å².